The van der Waals surface area contributed by atoms with Crippen molar-refractivity contribution >= 4 is 0 Å². The van der Waals surface area contributed by atoms with Gasteiger partial charge < -0.3 is 5.11 Å². The summed E-state index contributed by atoms with van der Waals surface area (Å²) in [4.78, 5) is 0. The topological polar surface area (TPSA) is 20.2 Å². The van der Waals surface area contributed by atoms with Crippen LogP contribution in [0.5, 0.6) is 0 Å². The van der Waals surface area contributed by atoms with Crippen molar-refractivity contribution in [3.05, 3.63) is 11.1 Å². The molecule has 9 heteroatoms. The fraction of sp³-hybridized carbons (Fsp3) is 0.882. The molecule has 2 atom stereocenters. The van der Waals surface area contributed by atoms with E-state index in [2.05, 4.69) is 0 Å². The highest BCUT2D eigenvalue weighted by molar-refractivity contribution is 5.32. The van der Waals surface area contributed by atoms with Gasteiger partial charge in [0.25, 0.3) is 5.92 Å². The smallest absolute Gasteiger partial charge is 0.376 e. The van der Waals surface area contributed by atoms with E-state index in [-0.39, 0.29) is 12.0 Å². The van der Waals surface area contributed by atoms with E-state index in [0.29, 0.717) is 0 Å². The van der Waals surface area contributed by atoms with Crippen molar-refractivity contribution in [2.75, 3.05) is 0 Å². The average molecular weight is 396 g/mol. The summed E-state index contributed by atoms with van der Waals surface area (Å²) in [6.07, 6.45) is -9.63. The molecule has 0 aromatic heterocycles. The minimum atomic E-state index is -6.00. The highest BCUT2D eigenvalue weighted by Gasteiger charge is 2.86. The molecule has 0 aromatic carbocycles. The molecule has 1 aliphatic carbocycles. The summed E-state index contributed by atoms with van der Waals surface area (Å²) in [5.41, 5.74) is -12.7. The van der Waals surface area contributed by atoms with Crippen molar-refractivity contribution in [3.63, 3.8) is 0 Å². The Labute approximate surface area is 147 Å². The lowest BCUT2D eigenvalue weighted by atomic mass is 9.61. The van der Waals surface area contributed by atoms with Crippen LogP contribution < -0.4 is 0 Å². The quantitative estimate of drug-likeness (QED) is 0.442. The SMILES string of the molecule is CC/C(C)=C1/CC(O)(C(F)(F)F)C(F)(F)C(F)(C(F)(F)C(C)(C)CC)C1. The molecule has 1 nitrogen and oxygen atoms in total. The lowest BCUT2D eigenvalue weighted by molar-refractivity contribution is -0.397. The normalized spacial score (nSPS) is 32.5. The van der Waals surface area contributed by atoms with E-state index in [1.165, 1.54) is 20.8 Å². The predicted octanol–water partition coefficient (Wildman–Crippen LogP) is 6.22. The molecule has 1 N–H and O–H groups in total. The molecule has 26 heavy (non-hydrogen) atoms. The number of alkyl halides is 8. The molecule has 154 valence electrons. The molecular weight excluding hydrogens is 372 g/mol. The molecule has 1 aliphatic rings. The number of halogens is 8. The van der Waals surface area contributed by atoms with Crippen LogP contribution in [0.25, 0.3) is 0 Å². The Morgan fingerprint density at radius 1 is 1.00 bits per heavy atom. The Balaban J connectivity index is 3.84. The van der Waals surface area contributed by atoms with Crippen molar-refractivity contribution in [3.8, 4) is 0 Å². The largest absolute Gasteiger partial charge is 0.423 e. The van der Waals surface area contributed by atoms with E-state index in [1.807, 2.05) is 0 Å². The van der Waals surface area contributed by atoms with Crippen LogP contribution in [0.4, 0.5) is 35.1 Å². The van der Waals surface area contributed by atoms with Crippen LogP contribution in [0.2, 0.25) is 0 Å². The Hall–Kier alpha value is -0.860. The first-order valence-corrected chi connectivity index (χ1v) is 8.27. The molecule has 1 fully saturated rings. The van der Waals surface area contributed by atoms with Gasteiger partial charge in [-0.1, -0.05) is 38.8 Å². The average Bonchev–Trinajstić information content (AvgIpc) is 2.50. The van der Waals surface area contributed by atoms with Gasteiger partial charge in [-0.05, 0) is 19.8 Å². The van der Waals surface area contributed by atoms with Gasteiger partial charge in [0.1, 0.15) is 0 Å². The number of aliphatic hydroxyl groups is 1. The molecule has 0 aliphatic heterocycles. The number of hydrogen-bond donors (Lipinski definition) is 1. The summed E-state index contributed by atoms with van der Waals surface area (Å²) in [7, 11) is 0. The number of rotatable bonds is 4. The Morgan fingerprint density at radius 2 is 1.46 bits per heavy atom. The lowest BCUT2D eigenvalue weighted by Gasteiger charge is -2.54. The van der Waals surface area contributed by atoms with Crippen molar-refractivity contribution in [1.29, 1.82) is 0 Å². The maximum atomic E-state index is 15.4. The van der Waals surface area contributed by atoms with Crippen LogP contribution >= 0.6 is 0 Å². The highest BCUT2D eigenvalue weighted by atomic mass is 19.4. The molecule has 1 saturated carbocycles. The molecule has 0 radical (unpaired) electrons. The summed E-state index contributed by atoms with van der Waals surface area (Å²) >= 11 is 0. The van der Waals surface area contributed by atoms with Crippen molar-refractivity contribution in [1.82, 2.24) is 0 Å². The molecule has 0 saturated heterocycles. The Bertz CT molecular complexity index is 578. The van der Waals surface area contributed by atoms with Gasteiger partial charge in [0, 0.05) is 18.3 Å². The number of hydrogen-bond acceptors (Lipinski definition) is 1. The fourth-order valence-electron chi connectivity index (χ4n) is 3.11. The molecule has 1 rings (SSSR count). The van der Waals surface area contributed by atoms with Gasteiger partial charge in [-0.25, -0.2) is 13.2 Å². The highest BCUT2D eigenvalue weighted by Crippen LogP contribution is 2.65. The van der Waals surface area contributed by atoms with Crippen LogP contribution in [-0.4, -0.2) is 34.4 Å². The van der Waals surface area contributed by atoms with Gasteiger partial charge in [0.05, 0.1) is 0 Å². The minimum absolute atomic E-state index is 0.0493. The van der Waals surface area contributed by atoms with Gasteiger partial charge in [-0.15, -0.1) is 0 Å². The van der Waals surface area contributed by atoms with Crippen molar-refractivity contribution in [2.45, 2.75) is 89.6 Å². The van der Waals surface area contributed by atoms with Gasteiger partial charge in [-0.3, -0.25) is 0 Å². The van der Waals surface area contributed by atoms with Crippen LogP contribution in [0.15, 0.2) is 11.1 Å². The molecule has 0 spiro atoms. The maximum Gasteiger partial charge on any atom is 0.423 e. The number of allylic oxidation sites excluding steroid dienone is 1. The third-order valence-electron chi connectivity index (χ3n) is 5.78. The fourth-order valence-corrected chi connectivity index (χ4v) is 3.11. The van der Waals surface area contributed by atoms with E-state index in [9.17, 15) is 35.8 Å². The van der Waals surface area contributed by atoms with Gasteiger partial charge in [0.15, 0.2) is 0 Å². The summed E-state index contributed by atoms with van der Waals surface area (Å²) in [6.45, 7) is 5.53. The van der Waals surface area contributed by atoms with Crippen LogP contribution in [0.1, 0.15) is 60.3 Å². The summed E-state index contributed by atoms with van der Waals surface area (Å²) in [6, 6.07) is 0. The second kappa shape index (κ2) is 6.34. The third kappa shape index (κ3) is 2.85. The molecular formula is C17H24F8O. The van der Waals surface area contributed by atoms with E-state index >= 15 is 4.39 Å². The minimum Gasteiger partial charge on any atom is -0.376 e. The Morgan fingerprint density at radius 3 is 1.81 bits per heavy atom. The van der Waals surface area contributed by atoms with Crippen LogP contribution in [-0.2, 0) is 0 Å². The van der Waals surface area contributed by atoms with Gasteiger partial charge >= 0.3 is 12.1 Å². The molecule has 0 amide bonds. The molecule has 0 bridgehead atoms. The zero-order chi connectivity index (χ0) is 21.0. The summed E-state index contributed by atoms with van der Waals surface area (Å²) in [5, 5.41) is 9.81. The second-order valence-corrected chi connectivity index (χ2v) is 7.64. The maximum absolute atomic E-state index is 15.4. The Kier molecular flexibility index (Phi) is 5.66. The molecule has 2 unspecified atom stereocenters. The molecule has 0 aromatic rings. The van der Waals surface area contributed by atoms with Crippen LogP contribution in [0.3, 0.4) is 0 Å². The second-order valence-electron chi connectivity index (χ2n) is 7.64. The van der Waals surface area contributed by atoms with E-state index in [0.717, 1.165) is 13.8 Å². The monoisotopic (exact) mass is 396 g/mol. The standard InChI is InChI=1S/C17H24F8O/c1-6-10(3)11-8-13(18,15(19,20)12(4,5)7-2)16(21,22)14(26,9-11)17(23,24)25/h26H,6-9H2,1-5H3/b11-10+. The summed E-state index contributed by atoms with van der Waals surface area (Å²) in [5.74, 6) is -10.6. The predicted molar refractivity (Wildman–Crippen MR) is 81.0 cm³/mol. The first kappa shape index (κ1) is 23.2. The first-order valence-electron chi connectivity index (χ1n) is 8.27. The van der Waals surface area contributed by atoms with E-state index in [1.54, 1.807) is 0 Å². The van der Waals surface area contributed by atoms with E-state index < -0.39 is 59.5 Å². The van der Waals surface area contributed by atoms with Gasteiger partial charge in [0.2, 0.25) is 11.3 Å². The van der Waals surface area contributed by atoms with Crippen molar-refractivity contribution in [2.24, 2.45) is 5.41 Å². The third-order valence-corrected chi connectivity index (χ3v) is 5.78. The van der Waals surface area contributed by atoms with Gasteiger partial charge in [-0.2, -0.15) is 22.0 Å². The summed E-state index contributed by atoms with van der Waals surface area (Å²) < 4.78 is 114. The van der Waals surface area contributed by atoms with Crippen molar-refractivity contribution < 1.29 is 40.2 Å². The lowest BCUT2D eigenvalue weighted by Crippen LogP contribution is -2.76. The van der Waals surface area contributed by atoms with E-state index in [4.69, 9.17) is 0 Å². The first-order chi connectivity index (χ1) is 11.4. The van der Waals surface area contributed by atoms with Crippen LogP contribution in [0, 0.1) is 5.41 Å². The zero-order valence-corrected chi connectivity index (χ0v) is 15.3. The molecule has 0 heterocycles. The zero-order valence-electron chi connectivity index (χ0n) is 15.3.